The van der Waals surface area contributed by atoms with Crippen molar-refractivity contribution in [3.05, 3.63) is 51.8 Å². The van der Waals surface area contributed by atoms with Crippen LogP contribution in [0.25, 0.3) is 5.69 Å². The van der Waals surface area contributed by atoms with Gasteiger partial charge in [-0.05, 0) is 38.1 Å². The summed E-state index contributed by atoms with van der Waals surface area (Å²) in [7, 11) is 3.05. The third kappa shape index (κ3) is 4.12. The molecule has 1 aromatic carbocycles. The van der Waals surface area contributed by atoms with E-state index in [9.17, 15) is 9.59 Å². The van der Waals surface area contributed by atoms with Crippen LogP contribution in [0.1, 0.15) is 28.7 Å². The van der Waals surface area contributed by atoms with E-state index < -0.39 is 0 Å². The summed E-state index contributed by atoms with van der Waals surface area (Å²) in [6.07, 6.45) is 0. The number of ether oxygens (including phenoxy) is 1. The molecule has 0 bridgehead atoms. The van der Waals surface area contributed by atoms with E-state index in [0.717, 1.165) is 21.5 Å². The molecule has 0 aliphatic carbocycles. The summed E-state index contributed by atoms with van der Waals surface area (Å²) >= 11 is 3.48. The minimum Gasteiger partial charge on any atom is -0.469 e. The number of benzene rings is 1. The first kappa shape index (κ1) is 19.2. The molecule has 0 aliphatic heterocycles. The molecule has 0 N–H and O–H groups in total. The van der Waals surface area contributed by atoms with Crippen LogP contribution in [-0.4, -0.2) is 42.0 Å². The third-order valence-electron chi connectivity index (χ3n) is 4.23. The quantitative estimate of drug-likeness (QED) is 0.710. The second kappa shape index (κ2) is 7.87. The van der Waals surface area contributed by atoms with Gasteiger partial charge in [0.2, 0.25) is 0 Å². The minimum atomic E-state index is -0.368. The molecule has 1 aromatic heterocycles. The largest absolute Gasteiger partial charge is 0.469 e. The Morgan fingerprint density at radius 3 is 2.56 bits per heavy atom. The molecule has 25 heavy (non-hydrogen) atoms. The Morgan fingerprint density at radius 1 is 1.28 bits per heavy atom. The summed E-state index contributed by atoms with van der Waals surface area (Å²) in [6.45, 7) is 5.97. The Kier molecular flexibility index (Phi) is 6.06. The highest BCUT2D eigenvalue weighted by Gasteiger charge is 2.23. The molecule has 0 saturated heterocycles. The van der Waals surface area contributed by atoms with Crippen LogP contribution in [0.15, 0.2) is 34.8 Å². The molecular weight excluding hydrogens is 384 g/mol. The second-order valence-corrected chi connectivity index (χ2v) is 7.13. The second-order valence-electron chi connectivity index (χ2n) is 6.21. The van der Waals surface area contributed by atoms with E-state index in [1.807, 2.05) is 44.2 Å². The smallest absolute Gasteiger partial charge is 0.310 e. The van der Waals surface area contributed by atoms with E-state index in [-0.39, 0.29) is 17.8 Å². The van der Waals surface area contributed by atoms with E-state index in [1.165, 1.54) is 7.11 Å². The first-order chi connectivity index (χ1) is 11.8. The summed E-state index contributed by atoms with van der Waals surface area (Å²) in [5.41, 5.74) is 3.48. The van der Waals surface area contributed by atoms with Gasteiger partial charge in [-0.15, -0.1) is 0 Å². The number of aryl methyl sites for hydroxylation is 1. The Bertz CT molecular complexity index is 798. The van der Waals surface area contributed by atoms with Gasteiger partial charge >= 0.3 is 5.97 Å². The Labute approximate surface area is 156 Å². The van der Waals surface area contributed by atoms with Crippen molar-refractivity contribution in [2.24, 2.45) is 5.92 Å². The topological polar surface area (TPSA) is 51.5 Å². The molecule has 0 saturated carbocycles. The molecule has 2 aromatic rings. The van der Waals surface area contributed by atoms with Gasteiger partial charge in [0.15, 0.2) is 0 Å². The van der Waals surface area contributed by atoms with E-state index >= 15 is 0 Å². The number of aromatic nitrogens is 1. The van der Waals surface area contributed by atoms with E-state index in [4.69, 9.17) is 4.74 Å². The van der Waals surface area contributed by atoms with Crippen molar-refractivity contribution < 1.29 is 14.3 Å². The third-order valence-corrected chi connectivity index (χ3v) is 4.72. The van der Waals surface area contributed by atoms with Crippen LogP contribution >= 0.6 is 15.9 Å². The van der Waals surface area contributed by atoms with Crippen molar-refractivity contribution in [3.63, 3.8) is 0 Å². The van der Waals surface area contributed by atoms with E-state index in [0.29, 0.717) is 12.1 Å². The minimum absolute atomic E-state index is 0.106. The fourth-order valence-corrected chi connectivity index (χ4v) is 3.35. The predicted octanol–water partition coefficient (Wildman–Crippen LogP) is 3.74. The molecular formula is C19H23BrN2O3. The number of hydrogen-bond donors (Lipinski definition) is 0. The number of amides is 1. The van der Waals surface area contributed by atoms with Crippen LogP contribution in [0.2, 0.25) is 0 Å². The predicted molar refractivity (Wildman–Crippen MR) is 101 cm³/mol. The van der Waals surface area contributed by atoms with Gasteiger partial charge in [-0.1, -0.05) is 28.9 Å². The van der Waals surface area contributed by atoms with Crippen molar-refractivity contribution in [2.45, 2.75) is 20.8 Å². The van der Waals surface area contributed by atoms with Crippen LogP contribution in [0.4, 0.5) is 0 Å². The highest BCUT2D eigenvalue weighted by atomic mass is 79.9. The summed E-state index contributed by atoms with van der Waals surface area (Å²) in [6, 6.07) is 9.83. The highest BCUT2D eigenvalue weighted by Crippen LogP contribution is 2.24. The van der Waals surface area contributed by atoms with Crippen LogP contribution < -0.4 is 0 Å². The normalized spacial score (nSPS) is 11.9. The average molecular weight is 407 g/mol. The Hall–Kier alpha value is -2.08. The number of esters is 1. The zero-order valence-corrected chi connectivity index (χ0v) is 16.8. The lowest BCUT2D eigenvalue weighted by molar-refractivity contribution is -0.145. The standard InChI is InChI=1S/C19H23BrN2O3/c1-12(19(24)25-5)11-21(4)18(23)17-9-13(2)22(14(17)3)16-8-6-7-15(20)10-16/h6-10,12H,11H2,1-5H3. The zero-order valence-electron chi connectivity index (χ0n) is 15.2. The van der Waals surface area contributed by atoms with E-state index in [1.54, 1.807) is 18.9 Å². The van der Waals surface area contributed by atoms with Gasteiger partial charge in [-0.25, -0.2) is 0 Å². The molecule has 1 atom stereocenters. The molecule has 2 rings (SSSR count). The van der Waals surface area contributed by atoms with Gasteiger partial charge in [0.05, 0.1) is 18.6 Å². The van der Waals surface area contributed by atoms with Crippen molar-refractivity contribution in [1.82, 2.24) is 9.47 Å². The van der Waals surface area contributed by atoms with Crippen LogP contribution in [0.5, 0.6) is 0 Å². The van der Waals surface area contributed by atoms with Gasteiger partial charge < -0.3 is 14.2 Å². The highest BCUT2D eigenvalue weighted by molar-refractivity contribution is 9.10. The monoisotopic (exact) mass is 406 g/mol. The van der Waals surface area contributed by atoms with Crippen LogP contribution in [-0.2, 0) is 9.53 Å². The van der Waals surface area contributed by atoms with Crippen LogP contribution in [0.3, 0.4) is 0 Å². The van der Waals surface area contributed by atoms with Crippen molar-refractivity contribution in [1.29, 1.82) is 0 Å². The van der Waals surface area contributed by atoms with Gasteiger partial charge in [0, 0.05) is 35.1 Å². The number of halogens is 1. The summed E-state index contributed by atoms with van der Waals surface area (Å²) in [5, 5.41) is 0. The maximum Gasteiger partial charge on any atom is 0.310 e. The Morgan fingerprint density at radius 2 is 1.96 bits per heavy atom. The molecule has 1 heterocycles. The van der Waals surface area contributed by atoms with Gasteiger partial charge in [0.1, 0.15) is 0 Å². The number of rotatable bonds is 5. The number of methoxy groups -OCH3 is 1. The molecule has 0 spiro atoms. The van der Waals surface area contributed by atoms with Gasteiger partial charge in [-0.2, -0.15) is 0 Å². The fraction of sp³-hybridized carbons (Fsp3) is 0.368. The molecule has 0 radical (unpaired) electrons. The lowest BCUT2D eigenvalue weighted by atomic mass is 10.1. The molecule has 5 nitrogen and oxygen atoms in total. The molecule has 1 unspecified atom stereocenters. The molecule has 0 fully saturated rings. The Balaban J connectivity index is 2.30. The summed E-state index contributed by atoms with van der Waals surface area (Å²) in [5.74, 6) is -0.795. The summed E-state index contributed by atoms with van der Waals surface area (Å²) < 4.78 is 7.76. The zero-order chi connectivity index (χ0) is 18.7. The average Bonchev–Trinajstić information content (AvgIpc) is 2.87. The maximum atomic E-state index is 12.8. The number of nitrogens with zero attached hydrogens (tertiary/aromatic N) is 2. The number of carbonyl (C=O) groups excluding carboxylic acids is 2. The first-order valence-corrected chi connectivity index (χ1v) is 8.83. The summed E-state index contributed by atoms with van der Waals surface area (Å²) in [4.78, 5) is 26.0. The van der Waals surface area contributed by atoms with Crippen molar-refractivity contribution in [2.75, 3.05) is 20.7 Å². The number of hydrogen-bond acceptors (Lipinski definition) is 3. The number of carbonyl (C=O) groups is 2. The molecule has 0 aliphatic rings. The molecule has 6 heteroatoms. The SMILES string of the molecule is COC(=O)C(C)CN(C)C(=O)c1cc(C)n(-c2cccc(Br)c2)c1C. The lowest BCUT2D eigenvalue weighted by Crippen LogP contribution is -2.34. The molecule has 134 valence electrons. The van der Waals surface area contributed by atoms with Crippen molar-refractivity contribution in [3.8, 4) is 5.69 Å². The molecule has 1 amide bonds. The van der Waals surface area contributed by atoms with Gasteiger partial charge in [0.25, 0.3) is 5.91 Å². The fourth-order valence-electron chi connectivity index (χ4n) is 2.97. The van der Waals surface area contributed by atoms with E-state index in [2.05, 4.69) is 20.5 Å². The van der Waals surface area contributed by atoms with Gasteiger partial charge in [-0.3, -0.25) is 9.59 Å². The van der Waals surface area contributed by atoms with Crippen molar-refractivity contribution >= 4 is 27.8 Å². The maximum absolute atomic E-state index is 12.8. The first-order valence-electron chi connectivity index (χ1n) is 8.04. The lowest BCUT2D eigenvalue weighted by Gasteiger charge is -2.20. The van der Waals surface area contributed by atoms with Crippen LogP contribution in [0, 0.1) is 19.8 Å².